The number of hydrazone groups is 1. The highest BCUT2D eigenvalue weighted by atomic mass is 35.5. The van der Waals surface area contributed by atoms with E-state index in [2.05, 4.69) is 15.8 Å². The number of benzene rings is 2. The molecule has 1 heterocycles. The number of amides is 1. The van der Waals surface area contributed by atoms with Gasteiger partial charge in [0, 0.05) is 5.56 Å². The van der Waals surface area contributed by atoms with E-state index in [-0.39, 0.29) is 12.5 Å². The van der Waals surface area contributed by atoms with Gasteiger partial charge in [-0.3, -0.25) is 4.79 Å². The number of nitrogens with one attached hydrogen (secondary N) is 2. The Morgan fingerprint density at radius 1 is 1.14 bits per heavy atom. The number of carbonyl (C=O) groups is 1. The summed E-state index contributed by atoms with van der Waals surface area (Å²) in [5.41, 5.74) is 3.83. The summed E-state index contributed by atoms with van der Waals surface area (Å²) in [6, 6.07) is 16.1. The van der Waals surface area contributed by atoms with Gasteiger partial charge in [-0.15, -0.1) is 0 Å². The van der Waals surface area contributed by atoms with Gasteiger partial charge in [-0.25, -0.2) is 5.43 Å². The molecule has 28 heavy (non-hydrogen) atoms. The Kier molecular flexibility index (Phi) is 6.57. The van der Waals surface area contributed by atoms with Gasteiger partial charge in [-0.1, -0.05) is 41.4 Å². The molecule has 0 aliphatic heterocycles. The molecule has 144 valence electrons. The Bertz CT molecular complexity index is 1000. The number of para-hydroxylation sites is 2. The zero-order valence-electron chi connectivity index (χ0n) is 14.9. The fraction of sp³-hybridized carbons (Fsp3) is 0.100. The number of halogens is 2. The third-order valence-corrected chi connectivity index (χ3v) is 4.59. The van der Waals surface area contributed by atoms with Crippen molar-refractivity contribution in [3.05, 3.63) is 70.4 Å². The van der Waals surface area contributed by atoms with Crippen LogP contribution in [-0.2, 0) is 4.79 Å². The molecule has 0 bridgehead atoms. The maximum absolute atomic E-state index is 11.9. The number of carbonyl (C=O) groups excluding carboxylic acids is 1. The number of anilines is 1. The van der Waals surface area contributed by atoms with Crippen LogP contribution in [0.15, 0.2) is 64.1 Å². The van der Waals surface area contributed by atoms with E-state index in [1.807, 2.05) is 18.2 Å². The summed E-state index contributed by atoms with van der Waals surface area (Å²) in [6.45, 7) is 0.0409. The lowest BCUT2D eigenvalue weighted by atomic mass is 10.2. The van der Waals surface area contributed by atoms with Crippen LogP contribution in [0, 0.1) is 0 Å². The van der Waals surface area contributed by atoms with Gasteiger partial charge < -0.3 is 14.5 Å². The normalized spacial score (nSPS) is 10.8. The molecule has 1 amide bonds. The number of methoxy groups -OCH3 is 1. The second-order valence-electron chi connectivity index (χ2n) is 5.65. The van der Waals surface area contributed by atoms with Gasteiger partial charge in [0.25, 0.3) is 5.91 Å². The van der Waals surface area contributed by atoms with Crippen LogP contribution in [0.25, 0.3) is 11.3 Å². The summed E-state index contributed by atoms with van der Waals surface area (Å²) in [5, 5.41) is 7.74. The number of furan rings is 1. The van der Waals surface area contributed by atoms with E-state index in [1.54, 1.807) is 43.5 Å². The molecule has 2 aromatic carbocycles. The molecule has 0 saturated heterocycles. The maximum Gasteiger partial charge on any atom is 0.259 e. The minimum Gasteiger partial charge on any atom is -0.495 e. The van der Waals surface area contributed by atoms with E-state index in [9.17, 15) is 4.79 Å². The molecule has 0 radical (unpaired) electrons. The van der Waals surface area contributed by atoms with Crippen molar-refractivity contribution in [2.24, 2.45) is 5.10 Å². The van der Waals surface area contributed by atoms with Gasteiger partial charge in [-0.05, 0) is 36.4 Å². The van der Waals surface area contributed by atoms with Gasteiger partial charge in [0.05, 0.1) is 35.6 Å². The molecule has 3 aromatic rings. The minimum atomic E-state index is -0.313. The van der Waals surface area contributed by atoms with Gasteiger partial charge in [-0.2, -0.15) is 5.10 Å². The molecule has 2 N–H and O–H groups in total. The van der Waals surface area contributed by atoms with Gasteiger partial charge in [0.15, 0.2) is 0 Å². The molecule has 1 aromatic heterocycles. The standard InChI is InChI=1S/C20H17Cl2N3O3/c1-27-18-8-3-2-7-16(18)23-12-19(26)25-24-11-13-9-10-17(28-13)14-5-4-6-15(21)20(14)22/h2-11,23H,12H2,1H3,(H,25,26)/b24-11-. The van der Waals surface area contributed by atoms with Crippen LogP contribution in [-0.4, -0.2) is 25.8 Å². The number of nitrogens with zero attached hydrogens (tertiary/aromatic N) is 1. The first-order valence-corrected chi connectivity index (χ1v) is 9.07. The Morgan fingerprint density at radius 3 is 2.79 bits per heavy atom. The first-order valence-electron chi connectivity index (χ1n) is 8.31. The summed E-state index contributed by atoms with van der Waals surface area (Å²) >= 11 is 12.2. The Morgan fingerprint density at radius 2 is 1.96 bits per heavy atom. The van der Waals surface area contributed by atoms with Crippen LogP contribution in [0.2, 0.25) is 10.0 Å². The molecule has 0 aliphatic rings. The zero-order chi connectivity index (χ0) is 19.9. The first kappa shape index (κ1) is 19.8. The predicted molar refractivity (Wildman–Crippen MR) is 111 cm³/mol. The van der Waals surface area contributed by atoms with E-state index in [1.165, 1.54) is 6.21 Å². The molecular formula is C20H17Cl2N3O3. The number of hydrogen-bond donors (Lipinski definition) is 2. The summed E-state index contributed by atoms with van der Waals surface area (Å²) in [4.78, 5) is 11.9. The average molecular weight is 418 g/mol. The van der Waals surface area contributed by atoms with E-state index >= 15 is 0 Å². The maximum atomic E-state index is 11.9. The van der Waals surface area contributed by atoms with Crippen LogP contribution in [0.5, 0.6) is 5.75 Å². The molecule has 0 fully saturated rings. The second kappa shape index (κ2) is 9.30. The fourth-order valence-electron chi connectivity index (χ4n) is 2.43. The molecule has 0 aliphatic carbocycles. The SMILES string of the molecule is COc1ccccc1NCC(=O)N/N=C\c1ccc(-c2cccc(Cl)c2Cl)o1. The Balaban J connectivity index is 1.56. The smallest absolute Gasteiger partial charge is 0.259 e. The lowest BCUT2D eigenvalue weighted by Crippen LogP contribution is -2.26. The van der Waals surface area contributed by atoms with Crippen LogP contribution in [0.1, 0.15) is 5.76 Å². The quantitative estimate of drug-likeness (QED) is 0.426. The molecular weight excluding hydrogens is 401 g/mol. The Hall–Kier alpha value is -2.96. The Labute approximate surface area is 172 Å². The van der Waals surface area contributed by atoms with Crippen molar-refractivity contribution in [2.45, 2.75) is 0 Å². The van der Waals surface area contributed by atoms with Crippen molar-refractivity contribution in [1.29, 1.82) is 0 Å². The van der Waals surface area contributed by atoms with Gasteiger partial charge in [0.2, 0.25) is 0 Å². The van der Waals surface area contributed by atoms with Gasteiger partial charge >= 0.3 is 0 Å². The first-order chi connectivity index (χ1) is 13.6. The third kappa shape index (κ3) is 4.85. The summed E-state index contributed by atoms with van der Waals surface area (Å²) in [6.07, 6.45) is 1.41. The van der Waals surface area contributed by atoms with Crippen molar-refractivity contribution < 1.29 is 13.9 Å². The van der Waals surface area contributed by atoms with E-state index in [0.29, 0.717) is 32.9 Å². The lowest BCUT2D eigenvalue weighted by molar-refractivity contribution is -0.119. The third-order valence-electron chi connectivity index (χ3n) is 3.77. The molecule has 6 nitrogen and oxygen atoms in total. The highest BCUT2D eigenvalue weighted by Gasteiger charge is 2.10. The molecule has 8 heteroatoms. The molecule has 0 atom stereocenters. The number of hydrogen-bond acceptors (Lipinski definition) is 5. The van der Waals surface area contributed by atoms with Crippen LogP contribution >= 0.6 is 23.2 Å². The topological polar surface area (TPSA) is 75.9 Å². The number of ether oxygens (including phenoxy) is 1. The summed E-state index contributed by atoms with van der Waals surface area (Å²) in [5.74, 6) is 1.36. The van der Waals surface area contributed by atoms with Crippen molar-refractivity contribution in [3.8, 4) is 17.1 Å². The number of rotatable bonds is 7. The van der Waals surface area contributed by atoms with E-state index in [4.69, 9.17) is 32.4 Å². The molecule has 0 spiro atoms. The largest absolute Gasteiger partial charge is 0.495 e. The highest BCUT2D eigenvalue weighted by molar-refractivity contribution is 6.43. The zero-order valence-corrected chi connectivity index (χ0v) is 16.4. The second-order valence-corrected chi connectivity index (χ2v) is 6.44. The monoisotopic (exact) mass is 417 g/mol. The average Bonchev–Trinajstić information content (AvgIpc) is 3.17. The highest BCUT2D eigenvalue weighted by Crippen LogP contribution is 2.34. The van der Waals surface area contributed by atoms with Crippen LogP contribution in [0.3, 0.4) is 0 Å². The lowest BCUT2D eigenvalue weighted by Gasteiger charge is -2.09. The predicted octanol–water partition coefficient (Wildman–Crippen LogP) is 4.82. The van der Waals surface area contributed by atoms with Crippen molar-refractivity contribution in [1.82, 2.24) is 5.43 Å². The van der Waals surface area contributed by atoms with Crippen molar-refractivity contribution >= 4 is 41.0 Å². The fourth-order valence-corrected chi connectivity index (χ4v) is 2.83. The minimum absolute atomic E-state index is 0.0409. The molecule has 0 unspecified atom stereocenters. The summed E-state index contributed by atoms with van der Waals surface area (Å²) < 4.78 is 10.9. The van der Waals surface area contributed by atoms with Crippen molar-refractivity contribution in [3.63, 3.8) is 0 Å². The molecule has 3 rings (SSSR count). The van der Waals surface area contributed by atoms with Gasteiger partial charge in [0.1, 0.15) is 17.3 Å². The molecule has 0 saturated carbocycles. The van der Waals surface area contributed by atoms with Crippen LogP contribution in [0.4, 0.5) is 5.69 Å². The van der Waals surface area contributed by atoms with Crippen LogP contribution < -0.4 is 15.5 Å². The van der Waals surface area contributed by atoms with E-state index < -0.39 is 0 Å². The van der Waals surface area contributed by atoms with E-state index in [0.717, 1.165) is 5.69 Å². The summed E-state index contributed by atoms with van der Waals surface area (Å²) in [7, 11) is 1.57. The van der Waals surface area contributed by atoms with Crippen molar-refractivity contribution in [2.75, 3.05) is 19.0 Å².